The number of imide groups is 1. The van der Waals surface area contributed by atoms with Crippen LogP contribution in [-0.4, -0.2) is 53.7 Å². The fraction of sp³-hybridized carbons (Fsp3) is 0.414. The normalized spacial score (nSPS) is 27.1. The van der Waals surface area contributed by atoms with Crippen molar-refractivity contribution in [2.75, 3.05) is 14.2 Å². The van der Waals surface area contributed by atoms with E-state index < -0.39 is 17.9 Å². The molecule has 1 aliphatic carbocycles. The maximum atomic E-state index is 14.1. The number of hydrogen-bond donors (Lipinski definition) is 0. The van der Waals surface area contributed by atoms with Crippen LogP contribution >= 0.6 is 0 Å². The Morgan fingerprint density at radius 3 is 2.36 bits per heavy atom. The number of hydrogen-bond acceptors (Lipinski definition) is 6. The number of amides is 2. The van der Waals surface area contributed by atoms with Crippen LogP contribution in [0.15, 0.2) is 48.7 Å². The van der Waals surface area contributed by atoms with Crippen molar-refractivity contribution < 1.29 is 23.9 Å². The third-order valence-electron chi connectivity index (χ3n) is 8.37. The van der Waals surface area contributed by atoms with Crippen LogP contribution in [0.4, 0.5) is 0 Å². The third kappa shape index (κ3) is 3.29. The number of ketones is 1. The molecule has 0 bridgehead atoms. The summed E-state index contributed by atoms with van der Waals surface area (Å²) in [6.45, 7) is 0. The van der Waals surface area contributed by atoms with Crippen molar-refractivity contribution in [2.24, 2.45) is 11.8 Å². The zero-order valence-corrected chi connectivity index (χ0v) is 20.6. The number of likely N-dealkylation sites (tertiary alicyclic amines) is 1. The molecule has 6 rings (SSSR count). The molecule has 3 aliphatic heterocycles. The van der Waals surface area contributed by atoms with Gasteiger partial charge >= 0.3 is 0 Å². The van der Waals surface area contributed by atoms with Crippen molar-refractivity contribution in [1.82, 2.24) is 9.80 Å². The van der Waals surface area contributed by atoms with Gasteiger partial charge in [0, 0.05) is 17.8 Å². The molecule has 2 aromatic rings. The second-order valence-corrected chi connectivity index (χ2v) is 10.1. The molecule has 186 valence electrons. The lowest BCUT2D eigenvalue weighted by Gasteiger charge is -2.37. The zero-order chi connectivity index (χ0) is 25.0. The van der Waals surface area contributed by atoms with Gasteiger partial charge in [-0.2, -0.15) is 0 Å². The van der Waals surface area contributed by atoms with Gasteiger partial charge in [0.25, 0.3) is 0 Å². The summed E-state index contributed by atoms with van der Waals surface area (Å²) in [6.07, 6.45) is 8.72. The lowest BCUT2D eigenvalue weighted by molar-refractivity contribution is -0.144. The van der Waals surface area contributed by atoms with Gasteiger partial charge in [-0.1, -0.05) is 43.5 Å². The molecular weight excluding hydrogens is 456 g/mol. The van der Waals surface area contributed by atoms with Gasteiger partial charge in [0.15, 0.2) is 17.3 Å². The highest BCUT2D eigenvalue weighted by Gasteiger charge is 2.65. The van der Waals surface area contributed by atoms with Gasteiger partial charge in [0.1, 0.15) is 6.04 Å². The minimum Gasteiger partial charge on any atom is -0.493 e. The van der Waals surface area contributed by atoms with E-state index in [1.165, 1.54) is 12.0 Å². The van der Waals surface area contributed by atoms with E-state index in [1.807, 2.05) is 41.4 Å². The SMILES string of the molecule is COc1ccc(C(=O)[C@@H]2[C@@H]3C(=O)N(C4CCCCC4)C(=O)[C@@H]3[C@@H]3c4ccccc4C=CN23)cc1OC. The second kappa shape index (κ2) is 8.80. The van der Waals surface area contributed by atoms with Crippen molar-refractivity contribution in [3.8, 4) is 11.5 Å². The fourth-order valence-electron chi connectivity index (χ4n) is 6.74. The minimum atomic E-state index is -0.771. The van der Waals surface area contributed by atoms with Crippen molar-refractivity contribution in [2.45, 2.75) is 50.2 Å². The van der Waals surface area contributed by atoms with Crippen molar-refractivity contribution >= 4 is 23.7 Å². The number of carbonyl (C=O) groups is 3. The molecule has 3 fully saturated rings. The summed E-state index contributed by atoms with van der Waals surface area (Å²) in [4.78, 5) is 45.5. The topological polar surface area (TPSA) is 76.2 Å². The van der Waals surface area contributed by atoms with Crippen LogP contribution < -0.4 is 9.47 Å². The maximum Gasteiger partial charge on any atom is 0.236 e. The van der Waals surface area contributed by atoms with Gasteiger partial charge in [0.2, 0.25) is 11.8 Å². The zero-order valence-electron chi connectivity index (χ0n) is 20.6. The van der Waals surface area contributed by atoms with Crippen LogP contribution in [0.3, 0.4) is 0 Å². The Hall–Kier alpha value is -3.61. The Kier molecular flexibility index (Phi) is 5.58. The molecule has 0 unspecified atom stereocenters. The summed E-state index contributed by atoms with van der Waals surface area (Å²) < 4.78 is 10.8. The Bertz CT molecular complexity index is 1260. The first-order valence-electron chi connectivity index (χ1n) is 12.7. The number of fused-ring (bicyclic) bond motifs is 5. The first-order chi connectivity index (χ1) is 17.5. The number of nitrogens with zero attached hydrogens (tertiary/aromatic N) is 2. The highest BCUT2D eigenvalue weighted by Crippen LogP contribution is 2.54. The summed E-state index contributed by atoms with van der Waals surface area (Å²) in [6, 6.07) is 11.8. The maximum absolute atomic E-state index is 14.1. The smallest absolute Gasteiger partial charge is 0.236 e. The Morgan fingerprint density at radius 2 is 1.61 bits per heavy atom. The van der Waals surface area contributed by atoms with Crippen LogP contribution in [-0.2, 0) is 9.59 Å². The average molecular weight is 487 g/mol. The van der Waals surface area contributed by atoms with Gasteiger partial charge in [-0.25, -0.2) is 0 Å². The molecule has 7 nitrogen and oxygen atoms in total. The highest BCUT2D eigenvalue weighted by atomic mass is 16.5. The van der Waals surface area contributed by atoms with Gasteiger partial charge in [-0.05, 0) is 48.2 Å². The quantitative estimate of drug-likeness (QED) is 0.465. The van der Waals surface area contributed by atoms with Crippen LogP contribution in [0.2, 0.25) is 0 Å². The number of rotatable bonds is 5. The van der Waals surface area contributed by atoms with E-state index >= 15 is 0 Å². The molecule has 4 atom stereocenters. The fourth-order valence-corrected chi connectivity index (χ4v) is 6.74. The number of Topliss-reactive ketones (excluding diaryl/α,β-unsaturated/α-hetero) is 1. The molecule has 1 saturated carbocycles. The summed E-state index contributed by atoms with van der Waals surface area (Å²) in [5.74, 6) is -0.842. The number of ether oxygens (including phenoxy) is 2. The summed E-state index contributed by atoms with van der Waals surface area (Å²) in [5, 5.41) is 0. The average Bonchev–Trinajstić information content (AvgIpc) is 3.40. The van der Waals surface area contributed by atoms with E-state index in [4.69, 9.17) is 9.47 Å². The Morgan fingerprint density at radius 1 is 0.889 bits per heavy atom. The standard InChI is InChI=1S/C29H30N2O5/c1-35-21-13-12-18(16-22(21)36-2)27(32)26-24-23(25-20-11-7-6-8-17(20)14-15-30(25)26)28(33)31(29(24)34)19-9-4-3-5-10-19/h6-8,11-16,19,23-26H,3-5,9-10H2,1-2H3/t23-,24+,25-,26-/m0/s1. The van der Waals surface area contributed by atoms with E-state index in [9.17, 15) is 14.4 Å². The van der Waals surface area contributed by atoms with E-state index in [2.05, 4.69) is 0 Å². The lowest BCUT2D eigenvalue weighted by atomic mass is 9.83. The van der Waals surface area contributed by atoms with Gasteiger partial charge in [-0.3, -0.25) is 19.3 Å². The molecule has 0 spiro atoms. The third-order valence-corrected chi connectivity index (χ3v) is 8.37. The van der Waals surface area contributed by atoms with E-state index in [0.717, 1.165) is 43.2 Å². The number of carbonyl (C=O) groups excluding carboxylic acids is 3. The van der Waals surface area contributed by atoms with Crippen LogP contribution in [0.5, 0.6) is 11.5 Å². The molecule has 7 heteroatoms. The number of benzene rings is 2. The first kappa shape index (κ1) is 22.8. The lowest BCUT2D eigenvalue weighted by Crippen LogP contribution is -2.47. The first-order valence-corrected chi connectivity index (χ1v) is 12.7. The molecule has 0 N–H and O–H groups in total. The second-order valence-electron chi connectivity index (χ2n) is 10.1. The van der Waals surface area contributed by atoms with Crippen molar-refractivity contribution in [3.05, 3.63) is 65.4 Å². The van der Waals surface area contributed by atoms with Crippen LogP contribution in [0.25, 0.3) is 6.08 Å². The molecule has 0 radical (unpaired) electrons. The van der Waals surface area contributed by atoms with Gasteiger partial charge in [0.05, 0.1) is 32.1 Å². The Labute approximate surface area is 210 Å². The molecule has 2 amide bonds. The number of methoxy groups -OCH3 is 2. The summed E-state index contributed by atoms with van der Waals surface area (Å²) >= 11 is 0. The molecule has 2 aromatic carbocycles. The molecule has 0 aromatic heterocycles. The molecule has 2 saturated heterocycles. The molecule has 3 heterocycles. The predicted molar refractivity (Wildman–Crippen MR) is 133 cm³/mol. The van der Waals surface area contributed by atoms with E-state index in [-0.39, 0.29) is 29.7 Å². The summed E-state index contributed by atoms with van der Waals surface area (Å²) in [7, 11) is 3.07. The van der Waals surface area contributed by atoms with Crippen molar-refractivity contribution in [3.63, 3.8) is 0 Å². The summed E-state index contributed by atoms with van der Waals surface area (Å²) in [5.41, 5.74) is 2.44. The van der Waals surface area contributed by atoms with Gasteiger partial charge in [-0.15, -0.1) is 0 Å². The molecular formula is C29H30N2O5. The molecule has 36 heavy (non-hydrogen) atoms. The molecule has 4 aliphatic rings. The minimum absolute atomic E-state index is 0.0657. The predicted octanol–water partition coefficient (Wildman–Crippen LogP) is 4.23. The monoisotopic (exact) mass is 486 g/mol. The largest absolute Gasteiger partial charge is 0.493 e. The van der Waals surface area contributed by atoms with Crippen molar-refractivity contribution in [1.29, 1.82) is 0 Å². The van der Waals surface area contributed by atoms with Crippen LogP contribution in [0.1, 0.15) is 59.6 Å². The Balaban J connectivity index is 1.45. The van der Waals surface area contributed by atoms with Gasteiger partial charge < -0.3 is 14.4 Å². The van der Waals surface area contributed by atoms with E-state index in [0.29, 0.717) is 17.1 Å². The highest BCUT2D eigenvalue weighted by molar-refractivity contribution is 6.12. The van der Waals surface area contributed by atoms with Crippen LogP contribution in [0, 0.1) is 11.8 Å². The van der Waals surface area contributed by atoms with E-state index in [1.54, 1.807) is 25.3 Å².